The van der Waals surface area contributed by atoms with E-state index in [2.05, 4.69) is 4.98 Å². The molecule has 0 saturated heterocycles. The van der Waals surface area contributed by atoms with Crippen molar-refractivity contribution in [1.82, 2.24) is 4.98 Å². The van der Waals surface area contributed by atoms with Crippen LogP contribution in [-0.2, 0) is 6.54 Å². The highest BCUT2D eigenvalue weighted by atomic mass is 19.3. The first kappa shape index (κ1) is 10.6. The van der Waals surface area contributed by atoms with E-state index in [-0.39, 0.29) is 18.0 Å². The minimum atomic E-state index is -2.80. The molecule has 78 valence electrons. The van der Waals surface area contributed by atoms with Crippen LogP contribution in [0.4, 0.5) is 8.78 Å². The van der Waals surface area contributed by atoms with Crippen LogP contribution < -0.4 is 10.5 Å². The molecule has 0 amide bonds. The van der Waals surface area contributed by atoms with Gasteiger partial charge in [0, 0.05) is 12.1 Å². The Hall–Kier alpha value is -1.43. The first-order chi connectivity index (χ1) is 6.61. The Labute approximate surface area is 79.3 Å². The highest BCUT2D eigenvalue weighted by Gasteiger charge is 2.21. The van der Waals surface area contributed by atoms with Crippen molar-refractivity contribution in [3.63, 3.8) is 0 Å². The van der Waals surface area contributed by atoms with Gasteiger partial charge in [-0.15, -0.1) is 0 Å². The smallest absolute Gasteiger partial charge is 0.267 e. The zero-order valence-corrected chi connectivity index (χ0v) is 7.50. The minimum absolute atomic E-state index is 0.0144. The first-order valence-electron chi connectivity index (χ1n) is 3.84. The van der Waals surface area contributed by atoms with Gasteiger partial charge in [-0.1, -0.05) is 0 Å². The van der Waals surface area contributed by atoms with E-state index >= 15 is 0 Å². The van der Waals surface area contributed by atoms with Gasteiger partial charge in [-0.25, -0.2) is 13.8 Å². The van der Waals surface area contributed by atoms with Gasteiger partial charge in [0.2, 0.25) is 5.88 Å². The molecule has 1 aromatic rings. The van der Waals surface area contributed by atoms with Gasteiger partial charge in [0.25, 0.3) is 6.43 Å². The molecule has 1 aromatic heterocycles. The van der Waals surface area contributed by atoms with E-state index in [1.54, 1.807) is 0 Å². The Balaban J connectivity index is 3.35. The summed E-state index contributed by atoms with van der Waals surface area (Å²) < 4.78 is 29.7. The van der Waals surface area contributed by atoms with Crippen LogP contribution in [0.1, 0.15) is 17.6 Å². The normalized spacial score (nSPS) is 10.6. The van der Waals surface area contributed by atoms with Crippen LogP contribution in [0, 0.1) is 0 Å². The largest absolute Gasteiger partial charge is 0.506 e. The molecule has 0 atom stereocenters. The van der Waals surface area contributed by atoms with Crippen LogP contribution in [0.2, 0.25) is 0 Å². The van der Waals surface area contributed by atoms with E-state index in [1.165, 1.54) is 7.11 Å². The summed E-state index contributed by atoms with van der Waals surface area (Å²) in [5.74, 6) is -0.554. The molecular weight excluding hydrogens is 194 g/mol. The lowest BCUT2D eigenvalue weighted by molar-refractivity contribution is 0.145. The molecule has 0 aromatic carbocycles. The Bertz CT molecular complexity index is 331. The quantitative estimate of drug-likeness (QED) is 0.776. The molecule has 0 fully saturated rings. The average Bonchev–Trinajstić information content (AvgIpc) is 2.16. The lowest BCUT2D eigenvalue weighted by Crippen LogP contribution is -2.06. The second-order valence-corrected chi connectivity index (χ2v) is 2.55. The van der Waals surface area contributed by atoms with E-state index in [0.717, 1.165) is 6.20 Å². The topological polar surface area (TPSA) is 68.4 Å². The van der Waals surface area contributed by atoms with Crippen LogP contribution in [0.3, 0.4) is 0 Å². The van der Waals surface area contributed by atoms with Crippen molar-refractivity contribution >= 4 is 0 Å². The number of rotatable bonds is 3. The van der Waals surface area contributed by atoms with Gasteiger partial charge in [0.15, 0.2) is 0 Å². The molecule has 14 heavy (non-hydrogen) atoms. The molecule has 0 aliphatic rings. The summed E-state index contributed by atoms with van der Waals surface area (Å²) in [5, 5.41) is 9.16. The van der Waals surface area contributed by atoms with Gasteiger partial charge >= 0.3 is 0 Å². The maximum absolute atomic E-state index is 12.5. The molecule has 0 unspecified atom stereocenters. The number of aromatic hydroxyl groups is 1. The summed E-state index contributed by atoms with van der Waals surface area (Å²) >= 11 is 0. The number of hydrogen-bond acceptors (Lipinski definition) is 4. The zero-order valence-electron chi connectivity index (χ0n) is 7.50. The van der Waals surface area contributed by atoms with Crippen molar-refractivity contribution < 1.29 is 18.6 Å². The number of hydrogen-bond donors (Lipinski definition) is 2. The van der Waals surface area contributed by atoms with Gasteiger partial charge in [-0.05, 0) is 0 Å². The molecule has 1 heterocycles. The molecule has 0 spiro atoms. The van der Waals surface area contributed by atoms with Gasteiger partial charge in [0.05, 0.1) is 18.9 Å². The third-order valence-electron chi connectivity index (χ3n) is 1.78. The first-order valence-corrected chi connectivity index (χ1v) is 3.84. The Kier molecular flexibility index (Phi) is 3.19. The zero-order chi connectivity index (χ0) is 10.7. The van der Waals surface area contributed by atoms with Gasteiger partial charge in [-0.3, -0.25) is 0 Å². The van der Waals surface area contributed by atoms with Crippen LogP contribution >= 0.6 is 0 Å². The fourth-order valence-electron chi connectivity index (χ4n) is 1.15. The lowest BCUT2D eigenvalue weighted by atomic mass is 10.1. The molecule has 0 aliphatic heterocycles. The maximum Gasteiger partial charge on any atom is 0.267 e. The summed E-state index contributed by atoms with van der Waals surface area (Å²) in [7, 11) is 1.30. The average molecular weight is 204 g/mol. The summed E-state index contributed by atoms with van der Waals surface area (Å²) in [5.41, 5.74) is 4.78. The van der Waals surface area contributed by atoms with Crippen LogP contribution in [-0.4, -0.2) is 17.2 Å². The third kappa shape index (κ3) is 1.74. The van der Waals surface area contributed by atoms with Gasteiger partial charge in [0.1, 0.15) is 5.75 Å². The molecule has 6 heteroatoms. The van der Waals surface area contributed by atoms with Crippen molar-refractivity contribution in [3.8, 4) is 11.6 Å². The number of aromatic nitrogens is 1. The van der Waals surface area contributed by atoms with Crippen LogP contribution in [0.5, 0.6) is 11.6 Å². The number of alkyl halides is 2. The number of nitrogens with zero attached hydrogens (tertiary/aromatic N) is 1. The molecule has 1 rings (SSSR count). The summed E-state index contributed by atoms with van der Waals surface area (Å²) in [6.07, 6.45) is -1.88. The monoisotopic (exact) mass is 204 g/mol. The van der Waals surface area contributed by atoms with E-state index in [0.29, 0.717) is 0 Å². The Morgan fingerprint density at radius 1 is 1.64 bits per heavy atom. The van der Waals surface area contributed by atoms with Crippen molar-refractivity contribution in [3.05, 3.63) is 17.3 Å². The molecule has 0 bridgehead atoms. The van der Waals surface area contributed by atoms with Crippen LogP contribution in [0.15, 0.2) is 6.20 Å². The van der Waals surface area contributed by atoms with E-state index in [1.807, 2.05) is 0 Å². The minimum Gasteiger partial charge on any atom is -0.506 e. The number of nitrogens with two attached hydrogens (primary N) is 1. The second-order valence-electron chi connectivity index (χ2n) is 2.55. The number of pyridine rings is 1. The van der Waals surface area contributed by atoms with Crippen molar-refractivity contribution in [2.24, 2.45) is 5.73 Å². The van der Waals surface area contributed by atoms with Gasteiger partial charge < -0.3 is 15.6 Å². The summed E-state index contributed by atoms with van der Waals surface area (Å²) in [6.45, 7) is -0.162. The van der Waals surface area contributed by atoms with E-state index < -0.39 is 17.7 Å². The van der Waals surface area contributed by atoms with Crippen molar-refractivity contribution in [2.45, 2.75) is 13.0 Å². The predicted octanol–water partition coefficient (Wildman–Crippen LogP) is 1.19. The highest BCUT2D eigenvalue weighted by molar-refractivity contribution is 5.43. The number of methoxy groups -OCH3 is 1. The third-order valence-corrected chi connectivity index (χ3v) is 1.78. The lowest BCUT2D eigenvalue weighted by Gasteiger charge is -2.11. The summed E-state index contributed by atoms with van der Waals surface area (Å²) in [4.78, 5) is 3.63. The fourth-order valence-corrected chi connectivity index (χ4v) is 1.15. The molecule has 4 nitrogen and oxygen atoms in total. The Morgan fingerprint density at radius 3 is 2.71 bits per heavy atom. The van der Waals surface area contributed by atoms with E-state index in [9.17, 15) is 8.78 Å². The van der Waals surface area contributed by atoms with Crippen molar-refractivity contribution in [2.75, 3.05) is 7.11 Å². The molecule has 3 N–H and O–H groups in total. The summed E-state index contributed by atoms with van der Waals surface area (Å²) in [6, 6.07) is 0. The molecule has 0 radical (unpaired) electrons. The Morgan fingerprint density at radius 2 is 2.29 bits per heavy atom. The highest BCUT2D eigenvalue weighted by Crippen LogP contribution is 2.34. The molecule has 0 saturated carbocycles. The SMILES string of the molecule is COc1ncc(O)c(C(F)F)c1CN. The second kappa shape index (κ2) is 4.19. The molecular formula is C8H10F2N2O2. The van der Waals surface area contributed by atoms with Gasteiger partial charge in [-0.2, -0.15) is 0 Å². The maximum atomic E-state index is 12.5. The van der Waals surface area contributed by atoms with E-state index in [4.69, 9.17) is 15.6 Å². The fraction of sp³-hybridized carbons (Fsp3) is 0.375. The number of ether oxygens (including phenoxy) is 1. The van der Waals surface area contributed by atoms with Crippen molar-refractivity contribution in [1.29, 1.82) is 0 Å². The molecule has 0 aliphatic carbocycles. The number of halogens is 2. The predicted molar refractivity (Wildman–Crippen MR) is 45.3 cm³/mol. The van der Waals surface area contributed by atoms with Crippen LogP contribution in [0.25, 0.3) is 0 Å². The standard InChI is InChI=1S/C8H10F2N2O2/c1-14-8-4(2-11)6(7(9)10)5(13)3-12-8/h3,7,13H,2,11H2,1H3.